The molecule has 0 radical (unpaired) electrons. The second kappa shape index (κ2) is 8.64. The predicted octanol–water partition coefficient (Wildman–Crippen LogP) is 5.55. The Balaban J connectivity index is 1.81. The van der Waals surface area contributed by atoms with Crippen LogP contribution in [0.5, 0.6) is 5.75 Å². The van der Waals surface area contributed by atoms with Gasteiger partial charge in [-0.3, -0.25) is 4.57 Å². The number of nitrogens with zero attached hydrogens (tertiary/aromatic N) is 3. The number of hydrogen-bond acceptors (Lipinski definition) is 5. The first-order valence-corrected chi connectivity index (χ1v) is 10.7. The van der Waals surface area contributed by atoms with Gasteiger partial charge in [-0.15, -0.1) is 22.0 Å². The zero-order chi connectivity index (χ0) is 18.5. The van der Waals surface area contributed by atoms with Gasteiger partial charge in [0.05, 0.1) is 7.11 Å². The molecule has 0 saturated carbocycles. The van der Waals surface area contributed by atoms with Crippen molar-refractivity contribution in [1.29, 1.82) is 0 Å². The quantitative estimate of drug-likeness (QED) is 0.499. The minimum absolute atomic E-state index is 0.281. The zero-order valence-electron chi connectivity index (χ0n) is 15.5. The molecule has 3 aromatic rings. The number of rotatable bonds is 7. The highest BCUT2D eigenvalue weighted by molar-refractivity contribution is 7.98. The molecule has 136 valence electrons. The number of methoxy groups -OCH3 is 1. The number of hydrogen-bond donors (Lipinski definition) is 0. The average molecular weight is 386 g/mol. The number of thioether (sulfide) groups is 2. The number of benzene rings is 2. The van der Waals surface area contributed by atoms with Gasteiger partial charge in [0.1, 0.15) is 5.75 Å². The zero-order valence-corrected chi connectivity index (χ0v) is 17.1. The van der Waals surface area contributed by atoms with Crippen molar-refractivity contribution in [3.8, 4) is 17.1 Å². The van der Waals surface area contributed by atoms with Crippen molar-refractivity contribution in [2.75, 3.05) is 13.4 Å². The van der Waals surface area contributed by atoms with Crippen LogP contribution in [0.15, 0.2) is 58.6 Å². The molecule has 0 atom stereocenters. The lowest BCUT2D eigenvalue weighted by Crippen LogP contribution is -2.05. The van der Waals surface area contributed by atoms with E-state index in [4.69, 9.17) is 4.74 Å². The summed E-state index contributed by atoms with van der Waals surface area (Å²) in [4.78, 5) is 1.28. The summed E-state index contributed by atoms with van der Waals surface area (Å²) >= 11 is 3.48. The fourth-order valence-corrected chi connectivity index (χ4v) is 4.08. The van der Waals surface area contributed by atoms with Gasteiger partial charge in [-0.05, 0) is 62.1 Å². The van der Waals surface area contributed by atoms with Gasteiger partial charge in [-0.25, -0.2) is 0 Å². The lowest BCUT2D eigenvalue weighted by molar-refractivity contribution is 0.415. The molecule has 0 fully saturated rings. The SMILES string of the molecule is COc1ccc(-c2nnc(SCc3ccc(SC)cc3)n2C(C)C)cc1. The summed E-state index contributed by atoms with van der Waals surface area (Å²) in [5, 5.41) is 9.84. The van der Waals surface area contributed by atoms with Crippen LogP contribution in [0.4, 0.5) is 0 Å². The first-order chi connectivity index (χ1) is 12.6. The Morgan fingerprint density at radius 1 is 1.00 bits per heavy atom. The highest BCUT2D eigenvalue weighted by Crippen LogP contribution is 2.30. The summed E-state index contributed by atoms with van der Waals surface area (Å²) in [6.45, 7) is 4.32. The van der Waals surface area contributed by atoms with E-state index in [1.165, 1.54) is 10.5 Å². The minimum Gasteiger partial charge on any atom is -0.497 e. The van der Waals surface area contributed by atoms with Gasteiger partial charge < -0.3 is 4.74 Å². The van der Waals surface area contributed by atoms with Crippen molar-refractivity contribution in [2.45, 2.75) is 35.7 Å². The van der Waals surface area contributed by atoms with Crippen molar-refractivity contribution in [1.82, 2.24) is 14.8 Å². The second-order valence-corrected chi connectivity index (χ2v) is 7.96. The monoisotopic (exact) mass is 385 g/mol. The second-order valence-electron chi connectivity index (χ2n) is 6.14. The molecule has 4 nitrogen and oxygen atoms in total. The highest BCUT2D eigenvalue weighted by Gasteiger charge is 2.17. The maximum atomic E-state index is 5.24. The van der Waals surface area contributed by atoms with E-state index in [0.29, 0.717) is 0 Å². The summed E-state index contributed by atoms with van der Waals surface area (Å²) in [5.41, 5.74) is 2.33. The molecule has 1 heterocycles. The average Bonchev–Trinajstić information content (AvgIpc) is 3.11. The molecule has 2 aromatic carbocycles. The summed E-state index contributed by atoms with van der Waals surface area (Å²) in [5.74, 6) is 2.61. The lowest BCUT2D eigenvalue weighted by atomic mass is 10.2. The molecule has 0 spiro atoms. The molecule has 0 saturated heterocycles. The first kappa shape index (κ1) is 18.9. The van der Waals surface area contributed by atoms with Gasteiger partial charge in [-0.1, -0.05) is 23.9 Å². The third kappa shape index (κ3) is 4.24. The van der Waals surface area contributed by atoms with E-state index in [2.05, 4.69) is 59.1 Å². The Hall–Kier alpha value is -1.92. The summed E-state index contributed by atoms with van der Waals surface area (Å²) < 4.78 is 7.44. The molecule has 6 heteroatoms. The third-order valence-corrected chi connectivity index (χ3v) is 5.81. The minimum atomic E-state index is 0.281. The summed E-state index contributed by atoms with van der Waals surface area (Å²) in [6, 6.07) is 16.9. The van der Waals surface area contributed by atoms with Crippen molar-refractivity contribution >= 4 is 23.5 Å². The largest absolute Gasteiger partial charge is 0.497 e. The van der Waals surface area contributed by atoms with E-state index in [1.807, 2.05) is 24.3 Å². The molecule has 0 aliphatic rings. The van der Waals surface area contributed by atoms with E-state index >= 15 is 0 Å². The van der Waals surface area contributed by atoms with Gasteiger partial charge >= 0.3 is 0 Å². The molecule has 0 N–H and O–H groups in total. The molecule has 0 aliphatic carbocycles. The van der Waals surface area contributed by atoms with Gasteiger partial charge in [0.2, 0.25) is 0 Å². The van der Waals surface area contributed by atoms with Crippen LogP contribution in [-0.2, 0) is 5.75 Å². The van der Waals surface area contributed by atoms with Crippen molar-refractivity contribution < 1.29 is 4.74 Å². The molecule has 0 unspecified atom stereocenters. The molecular weight excluding hydrogens is 362 g/mol. The number of ether oxygens (including phenoxy) is 1. The molecule has 0 bridgehead atoms. The van der Waals surface area contributed by atoms with Crippen molar-refractivity contribution in [3.63, 3.8) is 0 Å². The Morgan fingerprint density at radius 3 is 2.27 bits per heavy atom. The standard InChI is InChI=1S/C20H23N3OS2/c1-14(2)23-19(16-7-9-17(24-3)10-8-16)21-22-20(23)26-13-15-5-11-18(25-4)12-6-15/h5-12,14H,13H2,1-4H3. The molecule has 1 aromatic heterocycles. The van der Waals surface area contributed by atoms with E-state index < -0.39 is 0 Å². The van der Waals surface area contributed by atoms with Crippen LogP contribution in [0.3, 0.4) is 0 Å². The maximum absolute atomic E-state index is 5.24. The van der Waals surface area contributed by atoms with Crippen LogP contribution in [0.2, 0.25) is 0 Å². The Bertz CT molecular complexity index is 842. The van der Waals surface area contributed by atoms with Crippen molar-refractivity contribution in [3.05, 3.63) is 54.1 Å². The normalized spacial score (nSPS) is 11.1. The molecule has 0 aliphatic heterocycles. The molecule has 26 heavy (non-hydrogen) atoms. The van der Waals surface area contributed by atoms with Gasteiger partial charge in [0.25, 0.3) is 0 Å². The smallest absolute Gasteiger partial charge is 0.192 e. The molecular formula is C20H23N3OS2. The Labute approximate surface area is 163 Å². The van der Waals surface area contributed by atoms with Crippen LogP contribution < -0.4 is 4.74 Å². The fourth-order valence-electron chi connectivity index (χ4n) is 2.65. The highest BCUT2D eigenvalue weighted by atomic mass is 32.2. The first-order valence-electron chi connectivity index (χ1n) is 8.47. The Morgan fingerprint density at radius 2 is 1.69 bits per heavy atom. The predicted molar refractivity (Wildman–Crippen MR) is 110 cm³/mol. The lowest BCUT2D eigenvalue weighted by Gasteiger charge is -2.14. The molecule has 0 amide bonds. The van der Waals surface area contributed by atoms with Crippen LogP contribution >= 0.6 is 23.5 Å². The molecule has 3 rings (SSSR count). The van der Waals surface area contributed by atoms with Gasteiger partial charge in [0.15, 0.2) is 11.0 Å². The van der Waals surface area contributed by atoms with Crippen LogP contribution in [-0.4, -0.2) is 28.1 Å². The third-order valence-electron chi connectivity index (χ3n) is 4.06. The topological polar surface area (TPSA) is 39.9 Å². The fraction of sp³-hybridized carbons (Fsp3) is 0.300. The van der Waals surface area contributed by atoms with Crippen LogP contribution in [0, 0.1) is 0 Å². The van der Waals surface area contributed by atoms with E-state index in [9.17, 15) is 0 Å². The summed E-state index contributed by atoms with van der Waals surface area (Å²) in [6.07, 6.45) is 2.09. The Kier molecular flexibility index (Phi) is 6.27. The van der Waals surface area contributed by atoms with Gasteiger partial charge in [-0.2, -0.15) is 0 Å². The van der Waals surface area contributed by atoms with Crippen LogP contribution in [0.25, 0.3) is 11.4 Å². The van der Waals surface area contributed by atoms with Gasteiger partial charge in [0, 0.05) is 22.3 Å². The number of aromatic nitrogens is 3. The van der Waals surface area contributed by atoms with Crippen LogP contribution in [0.1, 0.15) is 25.5 Å². The van der Waals surface area contributed by atoms with E-state index in [-0.39, 0.29) is 6.04 Å². The van der Waals surface area contributed by atoms with E-state index in [0.717, 1.165) is 28.0 Å². The van der Waals surface area contributed by atoms with E-state index in [1.54, 1.807) is 30.6 Å². The van der Waals surface area contributed by atoms with Crippen molar-refractivity contribution in [2.24, 2.45) is 0 Å². The summed E-state index contributed by atoms with van der Waals surface area (Å²) in [7, 11) is 1.67. The maximum Gasteiger partial charge on any atom is 0.192 e.